The molecule has 5 heterocycles. The summed E-state index contributed by atoms with van der Waals surface area (Å²) in [5.74, 6) is -4.93. The maximum absolute atomic E-state index is 13.8. The van der Waals surface area contributed by atoms with Crippen LogP contribution in [0, 0.1) is 0 Å². The lowest BCUT2D eigenvalue weighted by Gasteiger charge is -2.50. The molecule has 3 aliphatic heterocycles. The van der Waals surface area contributed by atoms with Crippen molar-refractivity contribution in [3.63, 3.8) is 0 Å². The Morgan fingerprint density at radius 1 is 1.17 bits per heavy atom. The molecular formula is C37H42ClN8O11S2+. The van der Waals surface area contributed by atoms with E-state index in [1.54, 1.807) is 4.57 Å². The van der Waals surface area contributed by atoms with E-state index < -0.39 is 69.3 Å². The van der Waals surface area contributed by atoms with Gasteiger partial charge in [0.05, 0.1) is 49.2 Å². The number of nitrogens with two attached hydrogens (primary N) is 1. The van der Waals surface area contributed by atoms with Gasteiger partial charge in [-0.1, -0.05) is 16.8 Å². The molecule has 2 atom stereocenters. The van der Waals surface area contributed by atoms with E-state index in [4.69, 9.17) is 26.9 Å². The molecule has 7 rings (SSSR count). The van der Waals surface area contributed by atoms with Crippen LogP contribution in [-0.4, -0.2) is 132 Å². The second-order valence-corrected chi connectivity index (χ2v) is 17.7. The molecular weight excluding hydrogens is 832 g/mol. The number of phenols is 2. The van der Waals surface area contributed by atoms with Gasteiger partial charge in [-0.15, -0.1) is 23.1 Å². The number of pyridine rings is 1. The molecule has 2 aromatic heterocycles. The molecule has 1 aromatic carbocycles. The molecule has 0 spiro atoms. The summed E-state index contributed by atoms with van der Waals surface area (Å²) in [5.41, 5.74) is 3.82. The van der Waals surface area contributed by atoms with Crippen molar-refractivity contribution in [1.82, 2.24) is 25.1 Å². The average molecular weight is 874 g/mol. The number of aromatic hydroxyl groups is 2. The number of thiazole rings is 1. The number of benzene rings is 1. The van der Waals surface area contributed by atoms with Crippen LogP contribution in [0.2, 0.25) is 5.02 Å². The predicted octanol–water partition coefficient (Wildman–Crippen LogP) is 1.89. The summed E-state index contributed by atoms with van der Waals surface area (Å²) in [7, 11) is 1.21. The number of carbonyl (C=O) groups is 5. The second-order valence-electron chi connectivity index (χ2n) is 15.3. The molecule has 3 fully saturated rings. The van der Waals surface area contributed by atoms with Crippen LogP contribution in [-0.2, 0) is 28.8 Å². The molecule has 59 heavy (non-hydrogen) atoms. The molecule has 2 unspecified atom stereocenters. The average Bonchev–Trinajstić information content (AvgIpc) is 3.79. The smallest absolute Gasteiger partial charge is 0.355 e. The number of aromatic nitrogens is 2. The van der Waals surface area contributed by atoms with E-state index in [2.05, 4.69) is 20.8 Å². The zero-order valence-electron chi connectivity index (χ0n) is 32.2. The second kappa shape index (κ2) is 16.0. The molecule has 4 aliphatic rings. The number of rotatable bonds is 14. The highest BCUT2D eigenvalue weighted by Gasteiger charge is 2.55. The number of likely N-dealkylation sites (tertiary alicyclic amines) is 1. The van der Waals surface area contributed by atoms with Crippen molar-refractivity contribution < 1.29 is 53.3 Å². The number of carboxylic acids is 1. The van der Waals surface area contributed by atoms with E-state index in [0.717, 1.165) is 50.1 Å². The number of nitrogens with one attached hydrogen (secondary N) is 2. The third-order valence-electron chi connectivity index (χ3n) is 10.9. The molecule has 314 valence electrons. The molecule has 3 aromatic rings. The number of hydrogen-bond donors (Lipinski definition) is 6. The van der Waals surface area contributed by atoms with Crippen molar-refractivity contribution >= 4 is 86.1 Å². The first-order valence-corrected chi connectivity index (χ1v) is 21.0. The predicted molar refractivity (Wildman–Crippen MR) is 216 cm³/mol. The lowest BCUT2D eigenvalue weighted by atomic mass is 10.0. The van der Waals surface area contributed by atoms with Gasteiger partial charge in [-0.3, -0.25) is 24.1 Å². The number of phenolic OH excluding ortho intramolecular Hbond substituents is 2. The van der Waals surface area contributed by atoms with Gasteiger partial charge in [-0.25, -0.2) is 14.6 Å². The fraction of sp³-hybridized carbons (Fsp3) is 0.459. The molecule has 7 N–H and O–H groups in total. The Kier molecular flexibility index (Phi) is 11.3. The van der Waals surface area contributed by atoms with Gasteiger partial charge in [0.1, 0.15) is 34.9 Å². The number of methoxy groups -OCH3 is 1. The molecule has 3 amide bonds. The number of oxime groups is 1. The van der Waals surface area contributed by atoms with Crippen LogP contribution in [0.4, 0.5) is 5.13 Å². The number of ether oxygens (including phenoxy) is 1. The van der Waals surface area contributed by atoms with Crippen LogP contribution in [0.3, 0.4) is 0 Å². The monoisotopic (exact) mass is 873 g/mol. The molecule has 1 saturated carbocycles. The van der Waals surface area contributed by atoms with Gasteiger partial charge in [0, 0.05) is 47.9 Å². The van der Waals surface area contributed by atoms with Gasteiger partial charge in [0.15, 0.2) is 22.3 Å². The largest absolute Gasteiger partial charge is 0.504 e. The first-order valence-electron chi connectivity index (χ1n) is 18.7. The summed E-state index contributed by atoms with van der Waals surface area (Å²) in [6.45, 7) is 4.91. The van der Waals surface area contributed by atoms with Gasteiger partial charge < -0.3 is 50.3 Å². The third-order valence-corrected chi connectivity index (χ3v) is 13.3. The third kappa shape index (κ3) is 7.90. The van der Waals surface area contributed by atoms with Gasteiger partial charge in [0.25, 0.3) is 17.7 Å². The van der Waals surface area contributed by atoms with E-state index >= 15 is 0 Å². The number of fused-ring (bicyclic) bond motifs is 2. The summed E-state index contributed by atoms with van der Waals surface area (Å²) in [6, 6.07) is 0.184. The number of nitrogen functional groups attached to an aromatic ring is 1. The topological polar surface area (TPSA) is 265 Å². The maximum atomic E-state index is 13.8. The van der Waals surface area contributed by atoms with Gasteiger partial charge >= 0.3 is 11.9 Å². The summed E-state index contributed by atoms with van der Waals surface area (Å²) >= 11 is 8.68. The fourth-order valence-corrected chi connectivity index (χ4v) is 9.69. The lowest BCUT2D eigenvalue weighted by Crippen LogP contribution is -2.71. The number of halogens is 1. The number of nitrogens with zero attached hydrogens (tertiary/aromatic N) is 5. The number of esters is 1. The Morgan fingerprint density at radius 3 is 2.51 bits per heavy atom. The van der Waals surface area contributed by atoms with Gasteiger partial charge in [-0.05, 0) is 26.7 Å². The number of hydrogen-bond acceptors (Lipinski definition) is 15. The maximum Gasteiger partial charge on any atom is 0.355 e. The summed E-state index contributed by atoms with van der Waals surface area (Å²) in [4.78, 5) is 90.1. The number of quaternary nitrogens is 1. The quantitative estimate of drug-likeness (QED) is 0.0338. The Balaban J connectivity index is 1.08. The van der Waals surface area contributed by atoms with E-state index in [1.807, 2.05) is 0 Å². The Hall–Kier alpha value is -5.38. The van der Waals surface area contributed by atoms with Crippen molar-refractivity contribution in [3.05, 3.63) is 55.4 Å². The van der Waals surface area contributed by atoms with Crippen molar-refractivity contribution in [3.8, 4) is 11.5 Å². The van der Waals surface area contributed by atoms with Gasteiger partial charge in [0.2, 0.25) is 11.0 Å². The minimum absolute atomic E-state index is 0.00510. The first-order chi connectivity index (χ1) is 28.0. The number of carbonyl (C=O) groups excluding carboxylic acids is 4. The molecule has 2 saturated heterocycles. The highest BCUT2D eigenvalue weighted by Crippen LogP contribution is 2.44. The van der Waals surface area contributed by atoms with Crippen LogP contribution < -0.4 is 21.8 Å². The normalized spacial score (nSPS) is 20.2. The highest BCUT2D eigenvalue weighted by atomic mass is 35.5. The zero-order valence-corrected chi connectivity index (χ0v) is 34.5. The molecule has 0 bridgehead atoms. The molecule has 22 heteroatoms. The van der Waals surface area contributed by atoms with Crippen LogP contribution >= 0.6 is 34.7 Å². The number of amides is 3. The Morgan fingerprint density at radius 2 is 1.88 bits per heavy atom. The number of aliphatic carboxylic acids is 1. The minimum Gasteiger partial charge on any atom is -0.504 e. The molecule has 1 aliphatic carbocycles. The van der Waals surface area contributed by atoms with Crippen LogP contribution in [0.15, 0.2) is 38.9 Å². The van der Waals surface area contributed by atoms with Crippen molar-refractivity contribution in [2.75, 3.05) is 51.3 Å². The summed E-state index contributed by atoms with van der Waals surface area (Å²) in [6.07, 6.45) is 4.85. The zero-order chi connectivity index (χ0) is 42.6. The summed E-state index contributed by atoms with van der Waals surface area (Å²) in [5, 5.41) is 39.7. The molecule has 19 nitrogen and oxygen atoms in total. The minimum atomic E-state index is -1.80. The molecule has 0 radical (unpaired) electrons. The number of carboxylic acid groups (broad SMARTS) is 1. The Bertz CT molecular complexity index is 2400. The van der Waals surface area contributed by atoms with Crippen LogP contribution in [0.1, 0.15) is 61.6 Å². The fourth-order valence-electron chi connectivity index (χ4n) is 7.52. The van der Waals surface area contributed by atoms with Crippen LogP contribution in [0.5, 0.6) is 11.5 Å². The SMILES string of the molecule is COC(=O)C1=C(C[N+]2(CCNC(=O)c3cn(C4CC4)c4cc(O)c(O)c(Cl)c4c3=O)CCCC2)CSC2C(NC(=O)C(=NOC(C)(C)C(=O)O)c3csc(N)n3)C(=O)N12. The standard InChI is InChI=1S/C37H41ClN8O11S2/c1-37(2,35(54)55)57-43-25(20-16-59-36(39)41-20)31(51)42-26-32(52)45-27(34(53)56-3)17(15-58-33(26)45)14-46(9-4-5-10-46)11-8-40-30(50)19-13-44(18-6-7-18)21-12-22(47)29(49)24(38)23(21)28(19)48/h12-13,16,18,26,33H,4-11,14-15H2,1-3H3,(H6-,39,40,41,42,43,47,48,49,50,51,54,55)/p+1. The van der Waals surface area contributed by atoms with Crippen molar-refractivity contribution in [1.29, 1.82) is 0 Å². The lowest BCUT2D eigenvalue weighted by molar-refractivity contribution is -0.911. The number of thioether (sulfide) groups is 1. The van der Waals surface area contributed by atoms with Gasteiger partial charge in [-0.2, -0.15) is 0 Å². The summed E-state index contributed by atoms with van der Waals surface area (Å²) < 4.78 is 7.36. The van der Waals surface area contributed by atoms with Crippen LogP contribution in [0.25, 0.3) is 10.9 Å². The van der Waals surface area contributed by atoms with E-state index in [9.17, 15) is 44.1 Å². The first kappa shape index (κ1) is 41.8. The Labute approximate surface area is 349 Å². The highest BCUT2D eigenvalue weighted by molar-refractivity contribution is 8.00. The van der Waals surface area contributed by atoms with E-state index in [-0.39, 0.29) is 45.1 Å². The number of anilines is 1. The van der Waals surface area contributed by atoms with Crippen molar-refractivity contribution in [2.24, 2.45) is 5.16 Å². The number of β-lactam (4-membered cyclic amide) rings is 1. The van der Waals surface area contributed by atoms with Crippen molar-refractivity contribution in [2.45, 2.75) is 62.6 Å². The van der Waals surface area contributed by atoms with E-state index in [0.29, 0.717) is 34.4 Å². The van der Waals surface area contributed by atoms with E-state index in [1.165, 1.54) is 55.3 Å².